The molecule has 0 bridgehead atoms. The third-order valence-electron chi connectivity index (χ3n) is 5.40. The van der Waals surface area contributed by atoms with Gasteiger partial charge in [-0.25, -0.2) is 14.1 Å². The molecule has 0 spiro atoms. The van der Waals surface area contributed by atoms with Gasteiger partial charge in [0.05, 0.1) is 35.5 Å². The summed E-state index contributed by atoms with van der Waals surface area (Å²) < 4.78 is 15.6. The van der Waals surface area contributed by atoms with Crippen molar-refractivity contribution in [3.05, 3.63) is 77.2 Å². The van der Waals surface area contributed by atoms with Gasteiger partial charge >= 0.3 is 0 Å². The molecule has 32 heavy (non-hydrogen) atoms. The van der Waals surface area contributed by atoms with Crippen molar-refractivity contribution >= 4 is 34.2 Å². The first kappa shape index (κ1) is 19.6. The molecule has 0 aliphatic carbocycles. The van der Waals surface area contributed by atoms with Crippen LogP contribution in [0.15, 0.2) is 65.8 Å². The van der Waals surface area contributed by atoms with Crippen LogP contribution in [0.3, 0.4) is 0 Å². The van der Waals surface area contributed by atoms with Gasteiger partial charge in [-0.1, -0.05) is 24.3 Å². The molecule has 2 N–H and O–H groups in total. The second-order valence-corrected chi connectivity index (χ2v) is 7.39. The van der Waals surface area contributed by atoms with E-state index < -0.39 is 11.7 Å². The number of nitrogens with zero attached hydrogens (tertiary/aromatic N) is 4. The Morgan fingerprint density at radius 1 is 1.09 bits per heavy atom. The number of benzene rings is 2. The summed E-state index contributed by atoms with van der Waals surface area (Å²) >= 11 is 0. The van der Waals surface area contributed by atoms with Gasteiger partial charge in [-0.05, 0) is 24.3 Å². The number of carbonyl (C=O) groups excluding carboxylic acids is 2. The van der Waals surface area contributed by atoms with Crippen LogP contribution in [0.5, 0.6) is 0 Å². The number of H-pyrrole nitrogens is 1. The highest BCUT2D eigenvalue weighted by molar-refractivity contribution is 6.04. The lowest BCUT2D eigenvalue weighted by Gasteiger charge is -2.18. The molecule has 2 aromatic carbocycles. The lowest BCUT2D eigenvalue weighted by Crippen LogP contribution is -2.29. The van der Waals surface area contributed by atoms with Crippen LogP contribution in [0, 0.1) is 11.7 Å². The second kappa shape index (κ2) is 7.73. The first-order valence-electron chi connectivity index (χ1n) is 9.89. The summed E-state index contributed by atoms with van der Waals surface area (Å²) in [6.07, 6.45) is 2.66. The molecule has 1 aliphatic rings. The number of para-hydroxylation sites is 3. The fourth-order valence-corrected chi connectivity index (χ4v) is 3.82. The molecule has 0 radical (unpaired) electrons. The molecule has 160 valence electrons. The third-order valence-corrected chi connectivity index (χ3v) is 5.40. The molecule has 2 aromatic heterocycles. The fraction of sp³-hybridized carbons (Fsp3) is 0.136. The number of aromatic amines is 1. The molecule has 1 saturated heterocycles. The highest BCUT2D eigenvalue weighted by Gasteiger charge is 2.36. The molecule has 1 aliphatic heterocycles. The van der Waals surface area contributed by atoms with Gasteiger partial charge in [0, 0.05) is 13.0 Å². The quantitative estimate of drug-likeness (QED) is 0.514. The Labute approximate surface area is 180 Å². The van der Waals surface area contributed by atoms with Crippen LogP contribution in [-0.2, 0) is 9.59 Å². The number of hydrogen-bond acceptors (Lipinski definition) is 5. The predicted octanol–water partition coefficient (Wildman–Crippen LogP) is 2.24. The van der Waals surface area contributed by atoms with Crippen molar-refractivity contribution in [1.82, 2.24) is 19.7 Å². The van der Waals surface area contributed by atoms with Crippen LogP contribution in [0.4, 0.5) is 15.8 Å². The summed E-state index contributed by atoms with van der Waals surface area (Å²) in [5.41, 5.74) is 1.15. The van der Waals surface area contributed by atoms with E-state index in [2.05, 4.69) is 20.4 Å². The van der Waals surface area contributed by atoms with Gasteiger partial charge in [-0.3, -0.25) is 14.4 Å². The largest absolute Gasteiger partial charge is 0.324 e. The smallest absolute Gasteiger partial charge is 0.261 e. The zero-order valence-electron chi connectivity index (χ0n) is 16.7. The van der Waals surface area contributed by atoms with E-state index in [1.54, 1.807) is 36.4 Å². The summed E-state index contributed by atoms with van der Waals surface area (Å²) in [7, 11) is 0. The van der Waals surface area contributed by atoms with Crippen LogP contribution in [-0.4, -0.2) is 38.1 Å². The van der Waals surface area contributed by atoms with E-state index in [-0.39, 0.29) is 36.0 Å². The maximum absolute atomic E-state index is 14.1. The van der Waals surface area contributed by atoms with Crippen LogP contribution >= 0.6 is 0 Å². The van der Waals surface area contributed by atoms with E-state index in [4.69, 9.17) is 0 Å². The molecule has 9 nitrogen and oxygen atoms in total. The number of aromatic nitrogens is 4. The Morgan fingerprint density at radius 3 is 2.66 bits per heavy atom. The predicted molar refractivity (Wildman–Crippen MR) is 115 cm³/mol. The average Bonchev–Trinajstić information content (AvgIpc) is 3.39. The lowest BCUT2D eigenvalue weighted by atomic mass is 10.1. The average molecular weight is 432 g/mol. The zero-order chi connectivity index (χ0) is 22.2. The number of carbonyl (C=O) groups is 2. The number of hydrogen-bond donors (Lipinski definition) is 2. The number of anilines is 2. The van der Waals surface area contributed by atoms with Crippen LogP contribution in [0.25, 0.3) is 16.7 Å². The standard InChI is InChI=1S/C22H17FN6O3/c23-15-5-1-3-7-17(15)28-11-13(9-19(28)30)21(31)27-16-6-2-4-8-18(16)29-20-14(10-26-29)22(32)25-12-24-20/h1-8,10,12-13H,9,11H2,(H,27,31)(H,24,25,32). The summed E-state index contributed by atoms with van der Waals surface area (Å²) in [5.74, 6) is -1.84. The van der Waals surface area contributed by atoms with Gasteiger partial charge in [0.25, 0.3) is 5.56 Å². The number of nitrogens with one attached hydrogen (secondary N) is 2. The van der Waals surface area contributed by atoms with Crippen molar-refractivity contribution in [3.8, 4) is 5.69 Å². The van der Waals surface area contributed by atoms with E-state index in [9.17, 15) is 18.8 Å². The summed E-state index contributed by atoms with van der Waals surface area (Å²) in [6, 6.07) is 12.9. The Hall–Kier alpha value is -4.34. The van der Waals surface area contributed by atoms with Crippen molar-refractivity contribution in [2.24, 2.45) is 5.92 Å². The fourth-order valence-electron chi connectivity index (χ4n) is 3.82. The Bertz CT molecular complexity index is 1410. The van der Waals surface area contributed by atoms with Gasteiger partial charge in [0.2, 0.25) is 11.8 Å². The van der Waals surface area contributed by atoms with Crippen LogP contribution < -0.4 is 15.8 Å². The Kier molecular flexibility index (Phi) is 4.74. The topological polar surface area (TPSA) is 113 Å². The highest BCUT2D eigenvalue weighted by Crippen LogP contribution is 2.29. The lowest BCUT2D eigenvalue weighted by molar-refractivity contribution is -0.122. The van der Waals surface area contributed by atoms with Crippen LogP contribution in [0.2, 0.25) is 0 Å². The van der Waals surface area contributed by atoms with Crippen molar-refractivity contribution in [2.75, 3.05) is 16.8 Å². The summed E-state index contributed by atoms with van der Waals surface area (Å²) in [4.78, 5) is 45.4. The molecule has 1 atom stereocenters. The normalized spacial score (nSPS) is 16.0. The first-order chi connectivity index (χ1) is 15.5. The highest BCUT2D eigenvalue weighted by atomic mass is 19.1. The molecule has 2 amide bonds. The molecule has 0 saturated carbocycles. The SMILES string of the molecule is O=C(Nc1ccccc1-n1ncc2c(=O)[nH]cnc21)C1CC(=O)N(c2ccccc2F)C1. The van der Waals surface area contributed by atoms with Crippen molar-refractivity contribution in [2.45, 2.75) is 6.42 Å². The van der Waals surface area contributed by atoms with E-state index >= 15 is 0 Å². The minimum absolute atomic E-state index is 0.0238. The molecule has 1 fully saturated rings. The van der Waals surface area contributed by atoms with Gasteiger partial charge in [-0.15, -0.1) is 0 Å². The maximum Gasteiger partial charge on any atom is 0.261 e. The molecule has 5 rings (SSSR count). The van der Waals surface area contributed by atoms with E-state index in [0.29, 0.717) is 22.4 Å². The van der Waals surface area contributed by atoms with E-state index in [0.717, 1.165) is 0 Å². The van der Waals surface area contributed by atoms with Gasteiger partial charge in [0.1, 0.15) is 11.2 Å². The van der Waals surface area contributed by atoms with Gasteiger partial charge in [0.15, 0.2) is 5.65 Å². The number of rotatable bonds is 4. The van der Waals surface area contributed by atoms with Crippen molar-refractivity contribution in [1.29, 1.82) is 0 Å². The maximum atomic E-state index is 14.1. The van der Waals surface area contributed by atoms with E-state index in [1.807, 2.05) is 0 Å². The minimum atomic E-state index is -0.648. The monoisotopic (exact) mass is 432 g/mol. The second-order valence-electron chi connectivity index (χ2n) is 7.39. The van der Waals surface area contributed by atoms with Crippen LogP contribution in [0.1, 0.15) is 6.42 Å². The van der Waals surface area contributed by atoms with Gasteiger partial charge in [-0.2, -0.15) is 5.10 Å². The molecule has 1 unspecified atom stereocenters. The molecular formula is C22H17FN6O3. The van der Waals surface area contributed by atoms with E-state index in [1.165, 1.54) is 34.2 Å². The molecule has 3 heterocycles. The first-order valence-corrected chi connectivity index (χ1v) is 9.89. The minimum Gasteiger partial charge on any atom is -0.324 e. The summed E-state index contributed by atoms with van der Waals surface area (Å²) in [6.45, 7) is 0.0788. The Morgan fingerprint density at radius 2 is 1.84 bits per heavy atom. The number of halogens is 1. The number of fused-ring (bicyclic) bond motifs is 1. The molecule has 10 heteroatoms. The molecule has 4 aromatic rings. The van der Waals surface area contributed by atoms with Gasteiger partial charge < -0.3 is 15.2 Å². The van der Waals surface area contributed by atoms with Crippen molar-refractivity contribution < 1.29 is 14.0 Å². The summed E-state index contributed by atoms with van der Waals surface area (Å²) in [5, 5.41) is 7.40. The molecular weight excluding hydrogens is 415 g/mol. The number of amides is 2. The zero-order valence-corrected chi connectivity index (χ0v) is 16.7. The van der Waals surface area contributed by atoms with Crippen molar-refractivity contribution in [3.63, 3.8) is 0 Å². The third kappa shape index (κ3) is 3.31. The Balaban J connectivity index is 1.41.